The summed E-state index contributed by atoms with van der Waals surface area (Å²) >= 11 is 0. The number of urea groups is 1. The van der Waals surface area contributed by atoms with E-state index in [2.05, 4.69) is 15.5 Å². The standard InChI is InChI=1S/C16H17F2N3O4/c17-14(18)25-11-6-4-10(5-7-11)12(22)20-21-13(23)16(19-15(21)24)8-2-1-3-9-16/h4-7,14H,1-3,8-9H2,(H,19,24)(H,20,22). The third-order valence-corrected chi connectivity index (χ3v) is 4.42. The molecular formula is C16H17F2N3O4. The number of nitrogens with zero attached hydrogens (tertiary/aromatic N) is 1. The fourth-order valence-corrected chi connectivity index (χ4v) is 3.17. The van der Waals surface area contributed by atoms with Crippen LogP contribution in [-0.4, -0.2) is 35.0 Å². The second kappa shape index (κ2) is 6.66. The van der Waals surface area contributed by atoms with Crippen molar-refractivity contribution in [2.75, 3.05) is 0 Å². The SMILES string of the molecule is O=C(NN1C(=O)NC2(CCCCC2)C1=O)c1ccc(OC(F)F)cc1. The Labute approximate surface area is 142 Å². The van der Waals surface area contributed by atoms with Crippen molar-refractivity contribution in [3.63, 3.8) is 0 Å². The van der Waals surface area contributed by atoms with Crippen molar-refractivity contribution in [1.29, 1.82) is 0 Å². The molecule has 2 fully saturated rings. The first-order valence-electron chi connectivity index (χ1n) is 7.94. The summed E-state index contributed by atoms with van der Waals surface area (Å²) in [7, 11) is 0. The van der Waals surface area contributed by atoms with Gasteiger partial charge in [0, 0.05) is 5.56 Å². The molecule has 2 N–H and O–H groups in total. The van der Waals surface area contributed by atoms with Gasteiger partial charge in [0.05, 0.1) is 0 Å². The summed E-state index contributed by atoms with van der Waals surface area (Å²) in [5.41, 5.74) is 1.44. The molecule has 1 aliphatic carbocycles. The number of hydrazine groups is 1. The Bertz CT molecular complexity index is 687. The van der Waals surface area contributed by atoms with Crippen molar-refractivity contribution < 1.29 is 27.9 Å². The molecule has 0 atom stereocenters. The van der Waals surface area contributed by atoms with Crippen molar-refractivity contribution in [1.82, 2.24) is 15.8 Å². The van der Waals surface area contributed by atoms with Crippen molar-refractivity contribution in [2.45, 2.75) is 44.3 Å². The zero-order valence-corrected chi connectivity index (χ0v) is 13.3. The molecule has 1 heterocycles. The van der Waals surface area contributed by atoms with Crippen LogP contribution in [-0.2, 0) is 4.79 Å². The zero-order valence-electron chi connectivity index (χ0n) is 13.3. The zero-order chi connectivity index (χ0) is 18.0. The van der Waals surface area contributed by atoms with Gasteiger partial charge in [-0.05, 0) is 37.1 Å². The van der Waals surface area contributed by atoms with Crippen LogP contribution < -0.4 is 15.5 Å². The second-order valence-electron chi connectivity index (χ2n) is 6.06. The Balaban J connectivity index is 1.68. The number of hydrogen-bond acceptors (Lipinski definition) is 4. The molecule has 1 aliphatic heterocycles. The highest BCUT2D eigenvalue weighted by Crippen LogP contribution is 2.33. The van der Waals surface area contributed by atoms with Crippen LogP contribution in [0.2, 0.25) is 0 Å². The number of amides is 4. The Morgan fingerprint density at radius 1 is 1.16 bits per heavy atom. The molecule has 0 unspecified atom stereocenters. The highest BCUT2D eigenvalue weighted by atomic mass is 19.3. The van der Waals surface area contributed by atoms with Crippen LogP contribution in [0.15, 0.2) is 24.3 Å². The van der Waals surface area contributed by atoms with Gasteiger partial charge in [-0.3, -0.25) is 15.0 Å². The lowest BCUT2D eigenvalue weighted by Crippen LogP contribution is -2.50. The largest absolute Gasteiger partial charge is 0.435 e. The van der Waals surface area contributed by atoms with E-state index in [0.717, 1.165) is 19.3 Å². The molecule has 2 aliphatic rings. The minimum atomic E-state index is -2.96. The third-order valence-electron chi connectivity index (χ3n) is 4.42. The maximum absolute atomic E-state index is 12.6. The first-order valence-corrected chi connectivity index (χ1v) is 7.94. The fraction of sp³-hybridized carbons (Fsp3) is 0.438. The van der Waals surface area contributed by atoms with Gasteiger partial charge in [-0.25, -0.2) is 4.79 Å². The number of halogens is 2. The lowest BCUT2D eigenvalue weighted by atomic mass is 9.82. The molecule has 0 bridgehead atoms. The molecule has 1 aromatic rings. The number of carbonyl (C=O) groups is 3. The molecule has 0 aromatic heterocycles. The van der Waals surface area contributed by atoms with E-state index in [1.54, 1.807) is 0 Å². The summed E-state index contributed by atoms with van der Waals surface area (Å²) in [6.45, 7) is -2.96. The van der Waals surface area contributed by atoms with E-state index in [1.165, 1.54) is 24.3 Å². The fourth-order valence-electron chi connectivity index (χ4n) is 3.17. The van der Waals surface area contributed by atoms with Crippen molar-refractivity contribution >= 4 is 17.8 Å². The van der Waals surface area contributed by atoms with Crippen LogP contribution in [0.3, 0.4) is 0 Å². The number of hydrogen-bond donors (Lipinski definition) is 2. The van der Waals surface area contributed by atoms with Crippen LogP contribution >= 0.6 is 0 Å². The normalized spacial score (nSPS) is 19.2. The van der Waals surface area contributed by atoms with E-state index in [4.69, 9.17) is 0 Å². The van der Waals surface area contributed by atoms with Crippen molar-refractivity contribution in [3.05, 3.63) is 29.8 Å². The molecule has 1 saturated heterocycles. The Morgan fingerprint density at radius 3 is 2.40 bits per heavy atom. The molecule has 9 heteroatoms. The van der Waals surface area contributed by atoms with Gasteiger partial charge in [-0.2, -0.15) is 13.8 Å². The molecule has 1 aromatic carbocycles. The number of nitrogens with one attached hydrogen (secondary N) is 2. The summed E-state index contributed by atoms with van der Waals surface area (Å²) in [4.78, 5) is 36.9. The lowest BCUT2D eigenvalue weighted by Gasteiger charge is -2.30. The number of carbonyl (C=O) groups excluding carboxylic acids is 3. The van der Waals surface area contributed by atoms with Gasteiger partial charge in [0.2, 0.25) is 0 Å². The van der Waals surface area contributed by atoms with E-state index < -0.39 is 30.0 Å². The maximum Gasteiger partial charge on any atom is 0.387 e. The van der Waals surface area contributed by atoms with Gasteiger partial charge >= 0.3 is 12.6 Å². The van der Waals surface area contributed by atoms with E-state index >= 15 is 0 Å². The van der Waals surface area contributed by atoms with Gasteiger partial charge in [0.15, 0.2) is 0 Å². The lowest BCUT2D eigenvalue weighted by molar-refractivity contribution is -0.134. The molecule has 1 spiro atoms. The van der Waals surface area contributed by atoms with Crippen LogP contribution in [0, 0.1) is 0 Å². The van der Waals surface area contributed by atoms with Gasteiger partial charge in [-0.15, -0.1) is 0 Å². The van der Waals surface area contributed by atoms with E-state index in [9.17, 15) is 23.2 Å². The molecule has 7 nitrogen and oxygen atoms in total. The van der Waals surface area contributed by atoms with Gasteiger partial charge in [0.25, 0.3) is 11.8 Å². The van der Waals surface area contributed by atoms with Crippen LogP contribution in [0.4, 0.5) is 13.6 Å². The number of benzene rings is 1. The molecular weight excluding hydrogens is 336 g/mol. The topological polar surface area (TPSA) is 87.7 Å². The molecule has 3 rings (SSSR count). The molecule has 1 saturated carbocycles. The first kappa shape index (κ1) is 17.1. The summed E-state index contributed by atoms with van der Waals surface area (Å²) in [5, 5.41) is 3.37. The predicted octanol–water partition coefficient (Wildman–Crippen LogP) is 2.19. The summed E-state index contributed by atoms with van der Waals surface area (Å²) in [5.74, 6) is -1.26. The third kappa shape index (κ3) is 3.40. The number of alkyl halides is 2. The Morgan fingerprint density at radius 2 is 1.80 bits per heavy atom. The minimum absolute atomic E-state index is 0.0947. The molecule has 4 amide bonds. The smallest absolute Gasteiger partial charge is 0.387 e. The van der Waals surface area contributed by atoms with Crippen LogP contribution in [0.25, 0.3) is 0 Å². The van der Waals surface area contributed by atoms with Gasteiger partial charge in [0.1, 0.15) is 11.3 Å². The van der Waals surface area contributed by atoms with Crippen LogP contribution in [0.5, 0.6) is 5.75 Å². The average Bonchev–Trinajstić information content (AvgIpc) is 2.80. The molecule has 0 radical (unpaired) electrons. The average molecular weight is 353 g/mol. The van der Waals surface area contributed by atoms with Gasteiger partial charge < -0.3 is 10.1 Å². The Kier molecular flexibility index (Phi) is 4.56. The predicted molar refractivity (Wildman–Crippen MR) is 81.7 cm³/mol. The summed E-state index contributed by atoms with van der Waals surface area (Å²) < 4.78 is 28.4. The maximum atomic E-state index is 12.6. The van der Waals surface area contributed by atoms with Gasteiger partial charge in [-0.1, -0.05) is 19.3 Å². The second-order valence-corrected chi connectivity index (χ2v) is 6.06. The highest BCUT2D eigenvalue weighted by Gasteiger charge is 2.52. The van der Waals surface area contributed by atoms with E-state index in [1.807, 2.05) is 0 Å². The number of imide groups is 1. The number of rotatable bonds is 4. The highest BCUT2D eigenvalue weighted by molar-refractivity contribution is 6.09. The van der Waals surface area contributed by atoms with E-state index in [-0.39, 0.29) is 11.3 Å². The van der Waals surface area contributed by atoms with Crippen molar-refractivity contribution in [2.24, 2.45) is 0 Å². The molecule has 25 heavy (non-hydrogen) atoms. The Hall–Kier alpha value is -2.71. The quantitative estimate of drug-likeness (QED) is 0.812. The summed E-state index contributed by atoms with van der Waals surface area (Å²) in [6, 6.07) is 4.27. The van der Waals surface area contributed by atoms with Crippen LogP contribution in [0.1, 0.15) is 42.5 Å². The summed E-state index contributed by atoms with van der Waals surface area (Å²) in [6.07, 6.45) is 3.76. The van der Waals surface area contributed by atoms with E-state index in [0.29, 0.717) is 17.9 Å². The van der Waals surface area contributed by atoms with Crippen molar-refractivity contribution in [3.8, 4) is 5.75 Å². The monoisotopic (exact) mass is 353 g/mol. The first-order chi connectivity index (χ1) is 11.9. The minimum Gasteiger partial charge on any atom is -0.435 e. The number of ether oxygens (including phenoxy) is 1. The molecule has 134 valence electrons.